The molecule has 3 heteroatoms. The first-order valence-electron chi connectivity index (χ1n) is 11.0. The van der Waals surface area contributed by atoms with Crippen LogP contribution in [-0.4, -0.2) is 0 Å². The maximum absolute atomic E-state index is 15.0. The van der Waals surface area contributed by atoms with Crippen LogP contribution in [0.1, 0.15) is 49.7 Å². The third kappa shape index (κ3) is 4.46. The van der Waals surface area contributed by atoms with E-state index < -0.39 is 11.6 Å². The molecule has 1 saturated carbocycles. The summed E-state index contributed by atoms with van der Waals surface area (Å²) in [5.41, 5.74) is 3.35. The third-order valence-electron chi connectivity index (χ3n) is 6.48. The number of hydrogen-bond donors (Lipinski definition) is 0. The smallest absolute Gasteiger partial charge is 0.166 e. The van der Waals surface area contributed by atoms with Crippen molar-refractivity contribution in [1.82, 2.24) is 0 Å². The van der Waals surface area contributed by atoms with E-state index in [0.717, 1.165) is 36.8 Å². The van der Waals surface area contributed by atoms with E-state index in [1.54, 1.807) is 42.5 Å². The highest BCUT2D eigenvalue weighted by molar-refractivity contribution is 5.71. The number of hydrogen-bond acceptors (Lipinski definition) is 0. The highest BCUT2D eigenvalue weighted by atomic mass is 19.2. The molecule has 3 aromatic carbocycles. The van der Waals surface area contributed by atoms with E-state index in [1.165, 1.54) is 6.92 Å². The van der Waals surface area contributed by atoms with Crippen LogP contribution in [0.2, 0.25) is 0 Å². The molecule has 0 aromatic heterocycles. The Balaban J connectivity index is 1.53. The lowest BCUT2D eigenvalue weighted by Crippen LogP contribution is -2.12. The zero-order chi connectivity index (χ0) is 22.0. The molecule has 160 valence electrons. The van der Waals surface area contributed by atoms with Crippen LogP contribution in [-0.2, 0) is 0 Å². The van der Waals surface area contributed by atoms with Gasteiger partial charge in [-0.3, -0.25) is 0 Å². The van der Waals surface area contributed by atoms with Crippen molar-refractivity contribution in [2.24, 2.45) is 5.92 Å². The topological polar surface area (TPSA) is 0 Å². The molecule has 0 heterocycles. The molecule has 1 aliphatic carbocycles. The molecule has 0 spiro atoms. The fraction of sp³-hybridized carbons (Fsp3) is 0.286. The van der Waals surface area contributed by atoms with Gasteiger partial charge in [0.2, 0.25) is 0 Å². The lowest BCUT2D eigenvalue weighted by molar-refractivity contribution is 0.375. The Kier molecular flexibility index (Phi) is 6.31. The number of allylic oxidation sites excluding steroid dienone is 2. The summed E-state index contributed by atoms with van der Waals surface area (Å²) in [6.07, 6.45) is 8.86. The van der Waals surface area contributed by atoms with E-state index in [-0.39, 0.29) is 16.9 Å². The van der Waals surface area contributed by atoms with Gasteiger partial charge in [0.15, 0.2) is 11.6 Å². The first-order valence-corrected chi connectivity index (χ1v) is 11.0. The molecule has 0 radical (unpaired) electrons. The molecule has 0 unspecified atom stereocenters. The van der Waals surface area contributed by atoms with Crippen LogP contribution in [0.3, 0.4) is 0 Å². The van der Waals surface area contributed by atoms with E-state index in [0.29, 0.717) is 23.0 Å². The summed E-state index contributed by atoms with van der Waals surface area (Å²) in [4.78, 5) is 0. The first kappa shape index (κ1) is 21.4. The maximum Gasteiger partial charge on any atom is 0.166 e. The Morgan fingerprint density at radius 3 is 1.97 bits per heavy atom. The molecule has 4 rings (SSSR count). The fourth-order valence-electron chi connectivity index (χ4n) is 4.63. The molecule has 0 saturated heterocycles. The van der Waals surface area contributed by atoms with Crippen LogP contribution < -0.4 is 0 Å². The summed E-state index contributed by atoms with van der Waals surface area (Å²) in [6, 6.07) is 15.6. The predicted octanol–water partition coefficient (Wildman–Crippen LogP) is 8.60. The lowest BCUT2D eigenvalue weighted by atomic mass is 9.78. The van der Waals surface area contributed by atoms with Crippen molar-refractivity contribution in [3.63, 3.8) is 0 Å². The van der Waals surface area contributed by atoms with Crippen molar-refractivity contribution in [3.05, 3.63) is 95.3 Å². The van der Waals surface area contributed by atoms with Gasteiger partial charge >= 0.3 is 0 Å². The van der Waals surface area contributed by atoms with E-state index in [1.807, 2.05) is 12.1 Å². The summed E-state index contributed by atoms with van der Waals surface area (Å²) < 4.78 is 43.1. The Bertz CT molecular complexity index is 1090. The van der Waals surface area contributed by atoms with Crippen molar-refractivity contribution in [1.29, 1.82) is 0 Å². The number of rotatable bonds is 4. The van der Waals surface area contributed by atoms with Crippen LogP contribution in [0.25, 0.3) is 22.3 Å². The van der Waals surface area contributed by atoms with Gasteiger partial charge in [-0.2, -0.15) is 0 Å². The Morgan fingerprint density at radius 2 is 1.35 bits per heavy atom. The molecule has 0 amide bonds. The number of halogens is 3. The van der Waals surface area contributed by atoms with E-state index in [9.17, 15) is 13.2 Å². The molecule has 1 aliphatic rings. The Labute approximate surface area is 182 Å². The molecular formula is C28H27F3. The molecule has 0 N–H and O–H groups in total. The minimum absolute atomic E-state index is 0.207. The Hall–Kier alpha value is -2.81. The zero-order valence-corrected chi connectivity index (χ0v) is 18.0. The predicted molar refractivity (Wildman–Crippen MR) is 121 cm³/mol. The molecular weight excluding hydrogens is 393 g/mol. The highest BCUT2D eigenvalue weighted by Crippen LogP contribution is 2.38. The molecule has 3 aromatic rings. The van der Waals surface area contributed by atoms with Gasteiger partial charge in [0, 0.05) is 11.1 Å². The van der Waals surface area contributed by atoms with Gasteiger partial charge in [0.1, 0.15) is 5.82 Å². The maximum atomic E-state index is 15.0. The summed E-state index contributed by atoms with van der Waals surface area (Å²) >= 11 is 0. The van der Waals surface area contributed by atoms with Crippen LogP contribution in [0.15, 0.2) is 66.7 Å². The highest BCUT2D eigenvalue weighted by Gasteiger charge is 2.22. The second-order valence-electron chi connectivity index (χ2n) is 8.51. The van der Waals surface area contributed by atoms with Crippen LogP contribution in [0.5, 0.6) is 0 Å². The number of aryl methyl sites for hydroxylation is 1. The minimum atomic E-state index is -0.854. The molecule has 0 bridgehead atoms. The second-order valence-corrected chi connectivity index (χ2v) is 8.51. The summed E-state index contributed by atoms with van der Waals surface area (Å²) in [6.45, 7) is 3.59. The van der Waals surface area contributed by atoms with E-state index in [4.69, 9.17) is 0 Å². The van der Waals surface area contributed by atoms with Crippen molar-refractivity contribution >= 4 is 0 Å². The standard InChI is InChI=1S/C28H27F3/c1-3-4-19-6-8-20(9-7-19)23-14-16-24(26(29)17-23)21-10-12-22(13-11-21)25-15-5-18(2)27(30)28(25)31/h3-5,10-17,19-20H,6-9H2,1-2H3/b4-3+. The molecule has 0 aliphatic heterocycles. The van der Waals surface area contributed by atoms with Gasteiger partial charge in [-0.15, -0.1) is 0 Å². The van der Waals surface area contributed by atoms with Gasteiger partial charge < -0.3 is 0 Å². The second kappa shape index (κ2) is 9.13. The van der Waals surface area contributed by atoms with Crippen LogP contribution in [0, 0.1) is 30.3 Å². The molecule has 1 fully saturated rings. The summed E-state index contributed by atoms with van der Waals surface area (Å²) in [5, 5.41) is 0. The van der Waals surface area contributed by atoms with E-state index >= 15 is 0 Å². The van der Waals surface area contributed by atoms with Gasteiger partial charge in [-0.25, -0.2) is 13.2 Å². The fourth-order valence-corrected chi connectivity index (χ4v) is 4.63. The number of benzene rings is 3. The van der Waals surface area contributed by atoms with Crippen LogP contribution in [0.4, 0.5) is 13.2 Å². The quantitative estimate of drug-likeness (QED) is 0.371. The van der Waals surface area contributed by atoms with Crippen molar-refractivity contribution in [2.45, 2.75) is 45.4 Å². The lowest BCUT2D eigenvalue weighted by Gasteiger charge is -2.27. The van der Waals surface area contributed by atoms with Gasteiger partial charge in [0.05, 0.1) is 0 Å². The van der Waals surface area contributed by atoms with Gasteiger partial charge in [-0.1, -0.05) is 60.7 Å². The molecule has 0 nitrogen and oxygen atoms in total. The third-order valence-corrected chi connectivity index (χ3v) is 6.48. The zero-order valence-electron chi connectivity index (χ0n) is 18.0. The molecule has 31 heavy (non-hydrogen) atoms. The van der Waals surface area contributed by atoms with Crippen molar-refractivity contribution in [3.8, 4) is 22.3 Å². The average Bonchev–Trinajstić information content (AvgIpc) is 2.79. The van der Waals surface area contributed by atoms with Crippen molar-refractivity contribution < 1.29 is 13.2 Å². The van der Waals surface area contributed by atoms with Gasteiger partial charge in [0.25, 0.3) is 0 Å². The van der Waals surface area contributed by atoms with E-state index in [2.05, 4.69) is 19.1 Å². The largest absolute Gasteiger partial charge is 0.206 e. The normalized spacial score (nSPS) is 19.1. The van der Waals surface area contributed by atoms with Gasteiger partial charge in [-0.05, 0) is 79.7 Å². The summed E-state index contributed by atoms with van der Waals surface area (Å²) in [7, 11) is 0. The SMILES string of the molecule is C/C=C/C1CCC(c2ccc(-c3ccc(-c4ccc(C)c(F)c4F)cc3)c(F)c2)CC1. The molecule has 0 atom stereocenters. The average molecular weight is 421 g/mol. The first-order chi connectivity index (χ1) is 15.0. The Morgan fingerprint density at radius 1 is 0.742 bits per heavy atom. The summed E-state index contributed by atoms with van der Waals surface area (Å²) in [5.74, 6) is -0.869. The van der Waals surface area contributed by atoms with Crippen molar-refractivity contribution in [2.75, 3.05) is 0 Å². The minimum Gasteiger partial charge on any atom is -0.206 e. The monoisotopic (exact) mass is 420 g/mol. The van der Waals surface area contributed by atoms with Crippen LogP contribution >= 0.6 is 0 Å².